The van der Waals surface area contributed by atoms with Gasteiger partial charge in [0.15, 0.2) is 11.5 Å². The molecule has 0 unspecified atom stereocenters. The summed E-state index contributed by atoms with van der Waals surface area (Å²) in [5.74, 6) is 1.54. The summed E-state index contributed by atoms with van der Waals surface area (Å²) in [4.78, 5) is 0. The fraction of sp³-hybridized carbons (Fsp3) is 0.333. The molecule has 4 heteroatoms. The van der Waals surface area contributed by atoms with Crippen LogP contribution in [0.1, 0.15) is 24.5 Å². The average molecular weight is 364 g/mol. The van der Waals surface area contributed by atoms with Crippen LogP contribution < -0.4 is 14.8 Å². The van der Waals surface area contributed by atoms with Gasteiger partial charge in [0.25, 0.3) is 0 Å². The van der Waals surface area contributed by atoms with Crippen LogP contribution in [0, 0.1) is 0 Å². The molecule has 2 aromatic carbocycles. The molecule has 3 nitrogen and oxygen atoms in total. The van der Waals surface area contributed by atoms with Crippen LogP contribution in [0.3, 0.4) is 0 Å². The molecule has 0 aromatic heterocycles. The lowest BCUT2D eigenvalue weighted by molar-refractivity contribution is 0.292. The maximum atomic E-state index is 5.74. The summed E-state index contributed by atoms with van der Waals surface area (Å²) in [5, 5.41) is 3.44. The van der Waals surface area contributed by atoms with Crippen LogP contribution in [0.2, 0.25) is 0 Å². The van der Waals surface area contributed by atoms with E-state index in [0.717, 1.165) is 41.0 Å². The Morgan fingerprint density at radius 1 is 1.05 bits per heavy atom. The molecule has 0 atom stereocenters. The summed E-state index contributed by atoms with van der Waals surface area (Å²) in [5.41, 5.74) is 2.43. The highest BCUT2D eigenvalue weighted by Crippen LogP contribution is 2.36. The fourth-order valence-corrected chi connectivity index (χ4v) is 2.77. The van der Waals surface area contributed by atoms with E-state index in [0.29, 0.717) is 6.61 Å². The van der Waals surface area contributed by atoms with Crippen LogP contribution in [0.5, 0.6) is 11.5 Å². The third-order valence-corrected chi connectivity index (χ3v) is 3.83. The van der Waals surface area contributed by atoms with Gasteiger partial charge in [-0.2, -0.15) is 0 Å². The second-order valence-corrected chi connectivity index (χ2v) is 5.90. The van der Waals surface area contributed by atoms with Gasteiger partial charge in [0.1, 0.15) is 0 Å². The van der Waals surface area contributed by atoms with E-state index in [2.05, 4.69) is 58.5 Å². The Morgan fingerprint density at radius 3 is 2.45 bits per heavy atom. The van der Waals surface area contributed by atoms with Gasteiger partial charge in [-0.3, -0.25) is 0 Å². The first-order valence-electron chi connectivity index (χ1n) is 7.48. The molecule has 0 aliphatic rings. The minimum absolute atomic E-state index is 0.681. The van der Waals surface area contributed by atoms with Crippen molar-refractivity contribution in [2.45, 2.75) is 26.4 Å². The zero-order valence-corrected chi connectivity index (χ0v) is 14.7. The molecule has 0 bridgehead atoms. The number of halogens is 1. The first-order valence-corrected chi connectivity index (χ1v) is 8.27. The van der Waals surface area contributed by atoms with E-state index in [1.807, 2.05) is 12.1 Å². The maximum absolute atomic E-state index is 5.74. The molecular weight excluding hydrogens is 342 g/mol. The van der Waals surface area contributed by atoms with Crippen LogP contribution in [-0.2, 0) is 13.1 Å². The van der Waals surface area contributed by atoms with Gasteiger partial charge in [0, 0.05) is 13.1 Å². The zero-order valence-electron chi connectivity index (χ0n) is 13.1. The summed E-state index contributed by atoms with van der Waals surface area (Å²) in [6.45, 7) is 4.38. The smallest absolute Gasteiger partial charge is 0.175 e. The molecule has 22 heavy (non-hydrogen) atoms. The molecule has 0 saturated heterocycles. The molecule has 1 N–H and O–H groups in total. The van der Waals surface area contributed by atoms with Crippen LogP contribution in [0.25, 0.3) is 0 Å². The lowest BCUT2D eigenvalue weighted by atomic mass is 10.2. The maximum Gasteiger partial charge on any atom is 0.175 e. The van der Waals surface area contributed by atoms with E-state index < -0.39 is 0 Å². The van der Waals surface area contributed by atoms with E-state index in [4.69, 9.17) is 9.47 Å². The quantitative estimate of drug-likeness (QED) is 0.746. The molecule has 2 aromatic rings. The van der Waals surface area contributed by atoms with Crippen molar-refractivity contribution in [3.63, 3.8) is 0 Å². The molecule has 0 aliphatic heterocycles. The molecule has 0 heterocycles. The molecule has 0 amide bonds. The third-order valence-electron chi connectivity index (χ3n) is 3.24. The van der Waals surface area contributed by atoms with E-state index >= 15 is 0 Å². The average Bonchev–Trinajstić information content (AvgIpc) is 2.54. The summed E-state index contributed by atoms with van der Waals surface area (Å²) in [6.07, 6.45) is 0.968. The van der Waals surface area contributed by atoms with Crippen molar-refractivity contribution < 1.29 is 9.47 Å². The topological polar surface area (TPSA) is 30.5 Å². The molecule has 0 spiro atoms. The minimum atomic E-state index is 0.681. The van der Waals surface area contributed by atoms with E-state index in [1.54, 1.807) is 7.11 Å². The SMILES string of the molecule is CCCOc1c(Br)cc(CNCc2ccccc2)cc1OC. The summed E-state index contributed by atoms with van der Waals surface area (Å²) < 4.78 is 12.1. The Labute approximate surface area is 140 Å². The van der Waals surface area contributed by atoms with Gasteiger partial charge >= 0.3 is 0 Å². The molecule has 0 radical (unpaired) electrons. The van der Waals surface area contributed by atoms with Gasteiger partial charge in [-0.15, -0.1) is 0 Å². The molecule has 0 aliphatic carbocycles. The van der Waals surface area contributed by atoms with Gasteiger partial charge in [0.05, 0.1) is 18.2 Å². The van der Waals surface area contributed by atoms with Crippen molar-refractivity contribution in [3.8, 4) is 11.5 Å². The summed E-state index contributed by atoms with van der Waals surface area (Å²) >= 11 is 3.57. The number of nitrogens with one attached hydrogen (secondary N) is 1. The highest BCUT2D eigenvalue weighted by atomic mass is 79.9. The lowest BCUT2D eigenvalue weighted by Gasteiger charge is -2.14. The van der Waals surface area contributed by atoms with Crippen molar-refractivity contribution in [2.24, 2.45) is 0 Å². The van der Waals surface area contributed by atoms with Gasteiger partial charge in [-0.05, 0) is 45.6 Å². The van der Waals surface area contributed by atoms with Crippen molar-refractivity contribution >= 4 is 15.9 Å². The molecule has 0 saturated carbocycles. The Morgan fingerprint density at radius 2 is 1.77 bits per heavy atom. The van der Waals surface area contributed by atoms with Crippen LogP contribution in [0.15, 0.2) is 46.9 Å². The Balaban J connectivity index is 2.00. The molecule has 2 rings (SSSR count). The second-order valence-electron chi connectivity index (χ2n) is 5.05. The van der Waals surface area contributed by atoms with Crippen LogP contribution >= 0.6 is 15.9 Å². The first kappa shape index (κ1) is 16.8. The molecule has 0 fully saturated rings. The van der Waals surface area contributed by atoms with E-state index in [-0.39, 0.29) is 0 Å². The van der Waals surface area contributed by atoms with Crippen molar-refractivity contribution in [3.05, 3.63) is 58.1 Å². The van der Waals surface area contributed by atoms with Gasteiger partial charge < -0.3 is 14.8 Å². The van der Waals surface area contributed by atoms with Crippen molar-refractivity contribution in [1.29, 1.82) is 0 Å². The van der Waals surface area contributed by atoms with Gasteiger partial charge in [-0.1, -0.05) is 37.3 Å². The standard InChI is InChI=1S/C18H22BrNO2/c1-3-9-22-18-16(19)10-15(11-17(18)21-2)13-20-12-14-7-5-4-6-8-14/h4-8,10-11,20H,3,9,12-13H2,1-2H3. The van der Waals surface area contributed by atoms with Gasteiger partial charge in [0.2, 0.25) is 0 Å². The number of ether oxygens (including phenoxy) is 2. The number of methoxy groups -OCH3 is 1. The largest absolute Gasteiger partial charge is 0.493 e. The Kier molecular flexibility index (Phi) is 6.74. The minimum Gasteiger partial charge on any atom is -0.493 e. The fourth-order valence-electron chi connectivity index (χ4n) is 2.17. The number of benzene rings is 2. The number of hydrogen-bond donors (Lipinski definition) is 1. The predicted octanol–water partition coefficient (Wildman–Crippen LogP) is 4.54. The van der Waals surface area contributed by atoms with E-state index in [9.17, 15) is 0 Å². The summed E-state index contributed by atoms with van der Waals surface area (Å²) in [7, 11) is 1.67. The first-order chi connectivity index (χ1) is 10.7. The highest BCUT2D eigenvalue weighted by Gasteiger charge is 2.11. The van der Waals surface area contributed by atoms with Crippen molar-refractivity contribution in [1.82, 2.24) is 5.32 Å². The van der Waals surface area contributed by atoms with E-state index in [1.165, 1.54) is 5.56 Å². The normalized spacial score (nSPS) is 10.5. The lowest BCUT2D eigenvalue weighted by Crippen LogP contribution is -2.13. The highest BCUT2D eigenvalue weighted by molar-refractivity contribution is 9.10. The monoisotopic (exact) mass is 363 g/mol. The molecule has 118 valence electrons. The third kappa shape index (κ3) is 4.75. The Bertz CT molecular complexity index is 587. The molecular formula is C18H22BrNO2. The second kappa shape index (κ2) is 8.81. The number of hydrogen-bond acceptors (Lipinski definition) is 3. The summed E-state index contributed by atoms with van der Waals surface area (Å²) in [6, 6.07) is 14.5. The Hall–Kier alpha value is -1.52. The van der Waals surface area contributed by atoms with Crippen LogP contribution in [-0.4, -0.2) is 13.7 Å². The van der Waals surface area contributed by atoms with Crippen LogP contribution in [0.4, 0.5) is 0 Å². The van der Waals surface area contributed by atoms with Gasteiger partial charge in [-0.25, -0.2) is 0 Å². The number of rotatable bonds is 8. The van der Waals surface area contributed by atoms with Crippen molar-refractivity contribution in [2.75, 3.05) is 13.7 Å². The zero-order chi connectivity index (χ0) is 15.8. The predicted molar refractivity (Wildman–Crippen MR) is 93.5 cm³/mol.